The van der Waals surface area contributed by atoms with Gasteiger partial charge in [-0.25, -0.2) is 0 Å². The Bertz CT molecular complexity index is 539. The Morgan fingerprint density at radius 3 is 2.67 bits per heavy atom. The Balaban J connectivity index is 2.74. The van der Waals surface area contributed by atoms with Gasteiger partial charge in [0.25, 0.3) is 5.56 Å². The smallest absolute Gasteiger partial charge is 0.269 e. The molecular weight excluding hydrogens is 210 g/mol. The molecule has 80 valence electrons. The number of aliphatic hydroxyl groups excluding tert-OH is 1. The van der Waals surface area contributed by atoms with Crippen LogP contribution in [0.15, 0.2) is 29.1 Å². The van der Waals surface area contributed by atoms with Crippen LogP contribution in [0.3, 0.4) is 0 Å². The maximum atomic E-state index is 12.0. The highest BCUT2D eigenvalue weighted by molar-refractivity contribution is 7.13. The van der Waals surface area contributed by atoms with Gasteiger partial charge in [0.05, 0.1) is 22.2 Å². The molecule has 0 bridgehead atoms. The number of rotatable bonds is 2. The minimum absolute atomic E-state index is 0.0188. The quantitative estimate of drug-likeness (QED) is 0.843. The fourth-order valence-electron chi connectivity index (χ4n) is 1.43. The van der Waals surface area contributed by atoms with Crippen LogP contribution in [0.5, 0.6) is 0 Å². The molecule has 0 atom stereocenters. The van der Waals surface area contributed by atoms with E-state index in [-0.39, 0.29) is 12.2 Å². The highest BCUT2D eigenvalue weighted by Gasteiger charge is 2.23. The van der Waals surface area contributed by atoms with Crippen molar-refractivity contribution in [2.45, 2.75) is 19.4 Å². The van der Waals surface area contributed by atoms with Crippen molar-refractivity contribution < 1.29 is 5.11 Å². The maximum Gasteiger partial charge on any atom is 0.269 e. The van der Waals surface area contributed by atoms with Gasteiger partial charge < -0.3 is 5.11 Å². The van der Waals surface area contributed by atoms with Crippen LogP contribution in [0.4, 0.5) is 0 Å². The molecule has 0 radical (unpaired) electrons. The van der Waals surface area contributed by atoms with Gasteiger partial charge in [0.1, 0.15) is 0 Å². The summed E-state index contributed by atoms with van der Waals surface area (Å²) in [6.45, 7) is 3.66. The van der Waals surface area contributed by atoms with Crippen molar-refractivity contribution >= 4 is 21.6 Å². The first-order valence-corrected chi connectivity index (χ1v) is 5.56. The summed E-state index contributed by atoms with van der Waals surface area (Å²) < 4.78 is 2.60. The first-order chi connectivity index (χ1) is 7.06. The lowest BCUT2D eigenvalue weighted by Gasteiger charge is -2.21. The van der Waals surface area contributed by atoms with Gasteiger partial charge in [-0.2, -0.15) is 0 Å². The van der Waals surface area contributed by atoms with E-state index in [1.165, 1.54) is 11.5 Å². The number of benzene rings is 1. The van der Waals surface area contributed by atoms with Crippen LogP contribution in [0.2, 0.25) is 0 Å². The number of fused-ring (bicyclic) bond motifs is 1. The molecule has 1 aromatic heterocycles. The predicted octanol–water partition coefficient (Wildman–Crippen LogP) is 1.79. The van der Waals surface area contributed by atoms with Crippen LogP contribution >= 0.6 is 11.5 Å². The molecule has 0 unspecified atom stereocenters. The second-order valence-electron chi connectivity index (χ2n) is 4.16. The highest BCUT2D eigenvalue weighted by atomic mass is 32.1. The number of nitrogens with zero attached hydrogens (tertiary/aromatic N) is 1. The molecule has 2 rings (SSSR count). The molecular formula is C11H13NO2S. The van der Waals surface area contributed by atoms with Crippen LogP contribution in [0, 0.1) is 0 Å². The Labute approximate surface area is 91.7 Å². The summed E-state index contributed by atoms with van der Waals surface area (Å²) in [6, 6.07) is 7.50. The fourth-order valence-corrected chi connectivity index (χ4v) is 2.51. The average Bonchev–Trinajstić information content (AvgIpc) is 2.58. The molecule has 4 heteroatoms. The third-order valence-electron chi connectivity index (χ3n) is 2.43. The predicted molar refractivity (Wildman–Crippen MR) is 62.5 cm³/mol. The SMILES string of the molecule is CC(C)(CO)n1sc2ccccc2c1=O. The Hall–Kier alpha value is -1.13. The molecule has 0 aliphatic rings. The molecule has 0 saturated carbocycles. The minimum Gasteiger partial charge on any atom is -0.394 e. The van der Waals surface area contributed by atoms with Crippen molar-refractivity contribution in [3.8, 4) is 0 Å². The van der Waals surface area contributed by atoms with Gasteiger partial charge >= 0.3 is 0 Å². The Morgan fingerprint density at radius 2 is 2.07 bits per heavy atom. The van der Waals surface area contributed by atoms with E-state index in [0.717, 1.165) is 10.1 Å². The summed E-state index contributed by atoms with van der Waals surface area (Å²) in [6.07, 6.45) is 0. The highest BCUT2D eigenvalue weighted by Crippen LogP contribution is 2.22. The van der Waals surface area contributed by atoms with Crippen molar-refractivity contribution in [2.24, 2.45) is 0 Å². The second kappa shape index (κ2) is 3.47. The van der Waals surface area contributed by atoms with Gasteiger partial charge in [0, 0.05) is 0 Å². The van der Waals surface area contributed by atoms with E-state index in [4.69, 9.17) is 0 Å². The van der Waals surface area contributed by atoms with Gasteiger partial charge in [-0.1, -0.05) is 23.7 Å². The second-order valence-corrected chi connectivity index (χ2v) is 5.15. The maximum absolute atomic E-state index is 12.0. The third kappa shape index (κ3) is 1.60. The van der Waals surface area contributed by atoms with Crippen LogP contribution in [-0.4, -0.2) is 15.7 Å². The van der Waals surface area contributed by atoms with E-state index < -0.39 is 5.54 Å². The average molecular weight is 223 g/mol. The van der Waals surface area contributed by atoms with Crippen LogP contribution in [-0.2, 0) is 5.54 Å². The topological polar surface area (TPSA) is 42.2 Å². The van der Waals surface area contributed by atoms with Crippen molar-refractivity contribution in [3.05, 3.63) is 34.6 Å². The number of aromatic nitrogens is 1. The van der Waals surface area contributed by atoms with E-state index in [0.29, 0.717) is 0 Å². The molecule has 3 nitrogen and oxygen atoms in total. The summed E-state index contributed by atoms with van der Waals surface area (Å²) in [5, 5.41) is 9.97. The van der Waals surface area contributed by atoms with Gasteiger partial charge in [-0.15, -0.1) is 0 Å². The van der Waals surface area contributed by atoms with Crippen molar-refractivity contribution in [1.82, 2.24) is 3.96 Å². The molecule has 0 saturated heterocycles. The zero-order valence-electron chi connectivity index (χ0n) is 8.73. The Morgan fingerprint density at radius 1 is 1.40 bits per heavy atom. The number of hydrogen-bond donors (Lipinski definition) is 1. The van der Waals surface area contributed by atoms with E-state index in [1.54, 1.807) is 3.96 Å². The molecule has 0 spiro atoms. The van der Waals surface area contributed by atoms with Crippen molar-refractivity contribution in [2.75, 3.05) is 6.61 Å². The zero-order valence-corrected chi connectivity index (χ0v) is 9.54. The summed E-state index contributed by atoms with van der Waals surface area (Å²) in [7, 11) is 0. The van der Waals surface area contributed by atoms with Crippen LogP contribution in [0.25, 0.3) is 10.1 Å². The van der Waals surface area contributed by atoms with Crippen LogP contribution < -0.4 is 5.56 Å². The molecule has 0 aliphatic heterocycles. The molecule has 1 aromatic carbocycles. The van der Waals surface area contributed by atoms with Gasteiger partial charge in [0.15, 0.2) is 0 Å². The van der Waals surface area contributed by atoms with Gasteiger partial charge in [0.2, 0.25) is 0 Å². The summed E-state index contributed by atoms with van der Waals surface area (Å²) in [5.74, 6) is 0. The summed E-state index contributed by atoms with van der Waals surface area (Å²) in [4.78, 5) is 12.0. The summed E-state index contributed by atoms with van der Waals surface area (Å²) >= 11 is 1.40. The number of aliphatic hydroxyl groups is 1. The lowest BCUT2D eigenvalue weighted by Crippen LogP contribution is -2.35. The van der Waals surface area contributed by atoms with Crippen molar-refractivity contribution in [3.63, 3.8) is 0 Å². The first-order valence-electron chi connectivity index (χ1n) is 4.79. The lowest BCUT2D eigenvalue weighted by molar-refractivity contribution is 0.171. The molecule has 0 aliphatic carbocycles. The monoisotopic (exact) mass is 223 g/mol. The van der Waals surface area contributed by atoms with Gasteiger partial charge in [-0.3, -0.25) is 8.75 Å². The largest absolute Gasteiger partial charge is 0.394 e. The molecule has 2 aromatic rings. The lowest BCUT2D eigenvalue weighted by atomic mass is 10.1. The molecule has 15 heavy (non-hydrogen) atoms. The molecule has 1 N–H and O–H groups in total. The minimum atomic E-state index is -0.527. The normalized spacial score (nSPS) is 12.2. The first kappa shape index (κ1) is 10.4. The van der Waals surface area contributed by atoms with E-state index >= 15 is 0 Å². The van der Waals surface area contributed by atoms with E-state index in [1.807, 2.05) is 38.1 Å². The fraction of sp³-hybridized carbons (Fsp3) is 0.364. The molecule has 0 fully saturated rings. The Kier molecular flexibility index (Phi) is 2.40. The van der Waals surface area contributed by atoms with Crippen molar-refractivity contribution in [1.29, 1.82) is 0 Å². The molecule has 0 amide bonds. The van der Waals surface area contributed by atoms with Gasteiger partial charge in [-0.05, 0) is 26.0 Å². The van der Waals surface area contributed by atoms with Crippen LogP contribution in [0.1, 0.15) is 13.8 Å². The standard InChI is InChI=1S/C11H13NO2S/c1-11(2,7-13)12-10(14)8-5-3-4-6-9(8)15-12/h3-6,13H,7H2,1-2H3. The zero-order chi connectivity index (χ0) is 11.1. The summed E-state index contributed by atoms with van der Waals surface area (Å²) in [5.41, 5.74) is -0.546. The molecule has 1 heterocycles. The van der Waals surface area contributed by atoms with E-state index in [2.05, 4.69) is 0 Å². The number of hydrogen-bond acceptors (Lipinski definition) is 3. The van der Waals surface area contributed by atoms with E-state index in [9.17, 15) is 9.90 Å². The third-order valence-corrected chi connectivity index (χ3v) is 3.82.